The lowest BCUT2D eigenvalue weighted by Crippen LogP contribution is -2.47. The van der Waals surface area contributed by atoms with Crippen molar-refractivity contribution in [1.82, 2.24) is 14.5 Å². The van der Waals surface area contributed by atoms with Gasteiger partial charge in [0.05, 0.1) is 0 Å². The number of thiophene rings is 1. The van der Waals surface area contributed by atoms with Crippen molar-refractivity contribution in [1.29, 1.82) is 0 Å². The Morgan fingerprint density at radius 1 is 1.55 bits per heavy atom. The molecule has 0 spiro atoms. The van der Waals surface area contributed by atoms with Crippen LogP contribution in [0, 0.1) is 0 Å². The molecule has 20 heavy (non-hydrogen) atoms. The largest absolute Gasteiger partial charge is 0.316 e. The van der Waals surface area contributed by atoms with Gasteiger partial charge in [-0.1, -0.05) is 0 Å². The van der Waals surface area contributed by atoms with Crippen molar-refractivity contribution in [3.8, 4) is 0 Å². The molecule has 1 fully saturated rings. The van der Waals surface area contributed by atoms with Gasteiger partial charge in [0, 0.05) is 26.2 Å². The molecule has 1 aliphatic heterocycles. The number of nitrogens with zero attached hydrogens (tertiary/aromatic N) is 2. The summed E-state index contributed by atoms with van der Waals surface area (Å²) in [4.78, 5) is 2.20. The van der Waals surface area contributed by atoms with E-state index in [0.29, 0.717) is 10.8 Å². The second-order valence-electron chi connectivity index (χ2n) is 5.38. The molecule has 7 heteroatoms. The van der Waals surface area contributed by atoms with Crippen LogP contribution in [0.25, 0.3) is 0 Å². The summed E-state index contributed by atoms with van der Waals surface area (Å²) in [6, 6.07) is 1.85. The Balaban J connectivity index is 2.15. The summed E-state index contributed by atoms with van der Waals surface area (Å²) in [6.45, 7) is 2.56. The van der Waals surface area contributed by atoms with Crippen molar-refractivity contribution >= 4 is 21.4 Å². The van der Waals surface area contributed by atoms with Crippen LogP contribution in [0.1, 0.15) is 18.4 Å². The van der Waals surface area contributed by atoms with Gasteiger partial charge in [0.2, 0.25) is 0 Å². The molecule has 1 N–H and O–H groups in total. The maximum atomic E-state index is 12.7. The topological polar surface area (TPSA) is 52.7 Å². The Labute approximate surface area is 125 Å². The van der Waals surface area contributed by atoms with Crippen LogP contribution >= 0.6 is 11.3 Å². The minimum Gasteiger partial charge on any atom is -0.316 e. The summed E-state index contributed by atoms with van der Waals surface area (Å²) in [5.74, 6) is 0. The van der Waals surface area contributed by atoms with E-state index < -0.39 is 10.0 Å². The van der Waals surface area contributed by atoms with E-state index in [0.717, 1.165) is 31.5 Å². The predicted molar refractivity (Wildman–Crippen MR) is 82.6 cm³/mol. The van der Waals surface area contributed by atoms with Crippen LogP contribution in [0.4, 0.5) is 0 Å². The highest BCUT2D eigenvalue weighted by molar-refractivity contribution is 7.91. The fourth-order valence-electron chi connectivity index (χ4n) is 2.56. The monoisotopic (exact) mass is 317 g/mol. The zero-order valence-electron chi connectivity index (χ0n) is 12.3. The summed E-state index contributed by atoms with van der Waals surface area (Å²) in [5, 5.41) is 4.95. The van der Waals surface area contributed by atoms with Gasteiger partial charge in [-0.3, -0.25) is 0 Å². The maximum absolute atomic E-state index is 12.7. The van der Waals surface area contributed by atoms with Crippen molar-refractivity contribution in [3.05, 3.63) is 17.0 Å². The van der Waals surface area contributed by atoms with Gasteiger partial charge in [-0.25, -0.2) is 8.42 Å². The van der Waals surface area contributed by atoms with Gasteiger partial charge in [-0.15, -0.1) is 11.3 Å². The number of sulfonamides is 1. The Bertz CT molecular complexity index is 542. The van der Waals surface area contributed by atoms with Crippen molar-refractivity contribution in [2.24, 2.45) is 0 Å². The van der Waals surface area contributed by atoms with Crippen LogP contribution in [0.15, 0.2) is 15.7 Å². The first-order valence-electron chi connectivity index (χ1n) is 6.83. The normalized spacial score (nSPS) is 21.5. The average Bonchev–Trinajstić information content (AvgIpc) is 2.87. The number of piperidine rings is 1. The highest BCUT2D eigenvalue weighted by Gasteiger charge is 2.31. The molecule has 2 rings (SSSR count). The Kier molecular flexibility index (Phi) is 5.19. The highest BCUT2D eigenvalue weighted by Crippen LogP contribution is 2.26. The van der Waals surface area contributed by atoms with Crippen molar-refractivity contribution in [3.63, 3.8) is 0 Å². The Morgan fingerprint density at radius 3 is 2.95 bits per heavy atom. The minimum atomic E-state index is -3.36. The second kappa shape index (κ2) is 6.53. The van der Waals surface area contributed by atoms with E-state index in [2.05, 4.69) is 10.2 Å². The second-order valence-corrected chi connectivity index (χ2v) is 8.52. The van der Waals surface area contributed by atoms with Gasteiger partial charge in [0.1, 0.15) is 4.21 Å². The number of rotatable bonds is 5. The molecule has 0 saturated carbocycles. The molecule has 0 aromatic carbocycles. The zero-order chi connectivity index (χ0) is 14.8. The molecule has 0 aliphatic carbocycles. The highest BCUT2D eigenvalue weighted by atomic mass is 32.2. The third kappa shape index (κ3) is 3.40. The first-order valence-corrected chi connectivity index (χ1v) is 9.15. The summed E-state index contributed by atoms with van der Waals surface area (Å²) in [6.07, 6.45) is 1.99. The van der Waals surface area contributed by atoms with E-state index in [1.807, 2.05) is 19.5 Å². The molecule has 1 aliphatic rings. The van der Waals surface area contributed by atoms with Crippen LogP contribution in [0.2, 0.25) is 0 Å². The van der Waals surface area contributed by atoms with E-state index in [-0.39, 0.29) is 6.04 Å². The van der Waals surface area contributed by atoms with Gasteiger partial charge in [-0.2, -0.15) is 4.31 Å². The van der Waals surface area contributed by atoms with E-state index in [4.69, 9.17) is 0 Å². The van der Waals surface area contributed by atoms with Gasteiger partial charge in [0.15, 0.2) is 0 Å². The van der Waals surface area contributed by atoms with Crippen LogP contribution < -0.4 is 5.32 Å². The van der Waals surface area contributed by atoms with E-state index in [1.165, 1.54) is 11.3 Å². The van der Waals surface area contributed by atoms with Crippen LogP contribution in [-0.2, 0) is 16.6 Å². The molecular weight excluding hydrogens is 294 g/mol. The molecule has 0 radical (unpaired) electrons. The summed E-state index contributed by atoms with van der Waals surface area (Å²) < 4.78 is 27.3. The zero-order valence-corrected chi connectivity index (χ0v) is 13.9. The van der Waals surface area contributed by atoms with Crippen LogP contribution in [0.5, 0.6) is 0 Å². The number of likely N-dealkylation sites (N-methyl/N-ethyl adjacent to an activating group) is 2. The molecule has 1 saturated heterocycles. The third-order valence-corrected chi connectivity index (χ3v) is 7.13. The van der Waals surface area contributed by atoms with Gasteiger partial charge >= 0.3 is 0 Å². The van der Waals surface area contributed by atoms with E-state index in [1.54, 1.807) is 17.4 Å². The molecule has 5 nitrogen and oxygen atoms in total. The van der Waals surface area contributed by atoms with Gasteiger partial charge in [0.25, 0.3) is 10.0 Å². The Morgan fingerprint density at radius 2 is 2.30 bits per heavy atom. The van der Waals surface area contributed by atoms with Crippen molar-refractivity contribution in [2.45, 2.75) is 29.6 Å². The lowest BCUT2D eigenvalue weighted by Gasteiger charge is -2.34. The number of nitrogens with one attached hydrogen (secondary N) is 1. The number of hydrogen-bond donors (Lipinski definition) is 1. The molecule has 2 heterocycles. The van der Waals surface area contributed by atoms with E-state index in [9.17, 15) is 8.42 Å². The first-order chi connectivity index (χ1) is 9.45. The molecule has 1 unspecified atom stereocenters. The third-order valence-electron chi connectivity index (χ3n) is 3.76. The first kappa shape index (κ1) is 15.9. The van der Waals surface area contributed by atoms with Crippen molar-refractivity contribution in [2.75, 3.05) is 34.2 Å². The van der Waals surface area contributed by atoms with Gasteiger partial charge in [-0.05, 0) is 50.5 Å². The number of likely N-dealkylation sites (tertiary alicyclic amines) is 1. The minimum absolute atomic E-state index is 0.0774. The molecule has 1 atom stereocenters. The summed E-state index contributed by atoms with van der Waals surface area (Å²) in [5.41, 5.74) is 1.02. The molecule has 114 valence electrons. The Hall–Kier alpha value is -0.470. The molecule has 0 amide bonds. The summed E-state index contributed by atoms with van der Waals surface area (Å²) >= 11 is 1.31. The lowest BCUT2D eigenvalue weighted by molar-refractivity contribution is 0.188. The standard InChI is InChI=1S/C13H23N3O2S2/c1-14-8-11-7-13(19-10-11)20(17,18)16(3)12-5-4-6-15(2)9-12/h7,10,12,14H,4-6,8-9H2,1-3H3. The smallest absolute Gasteiger partial charge is 0.252 e. The predicted octanol–water partition coefficient (Wildman–Crippen LogP) is 1.18. The molecular formula is C13H23N3O2S2. The van der Waals surface area contributed by atoms with Crippen molar-refractivity contribution < 1.29 is 8.42 Å². The lowest BCUT2D eigenvalue weighted by atomic mass is 10.1. The van der Waals surface area contributed by atoms with Crippen LogP contribution in [0.3, 0.4) is 0 Å². The van der Waals surface area contributed by atoms with E-state index >= 15 is 0 Å². The maximum Gasteiger partial charge on any atom is 0.252 e. The quantitative estimate of drug-likeness (QED) is 0.886. The summed E-state index contributed by atoms with van der Waals surface area (Å²) in [7, 11) is 2.24. The van der Waals surface area contributed by atoms with Crippen LogP contribution in [-0.4, -0.2) is 57.9 Å². The SMILES string of the molecule is CNCc1csc(S(=O)(=O)N(C)C2CCCN(C)C2)c1. The molecule has 1 aromatic heterocycles. The number of hydrogen-bond acceptors (Lipinski definition) is 5. The average molecular weight is 317 g/mol. The molecule has 0 bridgehead atoms. The molecule has 1 aromatic rings. The fraction of sp³-hybridized carbons (Fsp3) is 0.692. The fourth-order valence-corrected chi connectivity index (χ4v) is 5.33. The van der Waals surface area contributed by atoms with Gasteiger partial charge < -0.3 is 10.2 Å².